The smallest absolute Gasteiger partial charge is 0.449 e. The molecule has 0 aliphatic rings. The quantitative estimate of drug-likeness (QED) is 0.321. The van der Waals surface area contributed by atoms with E-state index in [0.717, 1.165) is 6.42 Å². The average molecular weight is 319 g/mol. The first-order valence-corrected chi connectivity index (χ1v) is 9.50. The number of rotatable bonds is 13. The molecule has 0 aliphatic carbocycles. The van der Waals surface area contributed by atoms with Crippen molar-refractivity contribution in [3.8, 4) is 0 Å². The van der Waals surface area contributed by atoms with Crippen LogP contribution in [0.15, 0.2) is 12.7 Å². The Bertz CT molecular complexity index is 272. The minimum absolute atomic E-state index is 0.352. The van der Waals surface area contributed by atoms with Crippen LogP contribution < -0.4 is 5.32 Å². The van der Waals surface area contributed by atoms with Crippen molar-refractivity contribution < 1.29 is 22.8 Å². The molecule has 1 N–H and O–H groups in total. The molecule has 0 unspecified atom stereocenters. The van der Waals surface area contributed by atoms with Gasteiger partial charge in [-0.1, -0.05) is 6.08 Å². The second-order valence-corrected chi connectivity index (χ2v) is 6.96. The predicted molar refractivity (Wildman–Crippen MR) is 84.2 cm³/mol. The summed E-state index contributed by atoms with van der Waals surface area (Å²) in [4.78, 5) is 11.4. The maximum absolute atomic E-state index is 11.4. The van der Waals surface area contributed by atoms with Crippen molar-refractivity contribution in [1.29, 1.82) is 0 Å². The van der Waals surface area contributed by atoms with Crippen LogP contribution in [0.3, 0.4) is 0 Å². The highest BCUT2D eigenvalue weighted by atomic mass is 28.4. The summed E-state index contributed by atoms with van der Waals surface area (Å²) >= 11 is 0. The normalized spacial score (nSPS) is 11.2. The summed E-state index contributed by atoms with van der Waals surface area (Å²) in [5.41, 5.74) is 0. The Morgan fingerprint density at radius 3 is 2.19 bits per heavy atom. The van der Waals surface area contributed by atoms with E-state index < -0.39 is 14.9 Å². The molecule has 0 aromatic carbocycles. The van der Waals surface area contributed by atoms with Crippen molar-refractivity contribution in [1.82, 2.24) is 5.32 Å². The molecule has 0 aliphatic heterocycles. The van der Waals surface area contributed by atoms with Crippen LogP contribution in [0.5, 0.6) is 0 Å². The third-order valence-electron chi connectivity index (χ3n) is 2.58. The third kappa shape index (κ3) is 9.62. The van der Waals surface area contributed by atoms with E-state index in [1.54, 1.807) is 6.08 Å². The Labute approximate surface area is 129 Å². The molecule has 0 aromatic heterocycles. The van der Waals surface area contributed by atoms with Crippen molar-refractivity contribution in [3.63, 3.8) is 0 Å². The topological polar surface area (TPSA) is 66.0 Å². The fraction of sp³-hybridized carbons (Fsp3) is 0.786. The Morgan fingerprint density at radius 1 is 1.14 bits per heavy atom. The molecule has 0 radical (unpaired) electrons. The van der Waals surface area contributed by atoms with E-state index in [1.165, 1.54) is 0 Å². The number of amides is 1. The van der Waals surface area contributed by atoms with Gasteiger partial charge in [-0.2, -0.15) is 0 Å². The van der Waals surface area contributed by atoms with Gasteiger partial charge in [0.2, 0.25) is 0 Å². The van der Waals surface area contributed by atoms with Crippen molar-refractivity contribution in [2.75, 3.05) is 33.0 Å². The number of hydrogen-bond acceptors (Lipinski definition) is 5. The molecule has 21 heavy (non-hydrogen) atoms. The lowest BCUT2D eigenvalue weighted by molar-refractivity contribution is 0.0706. The molecule has 0 atom stereocenters. The summed E-state index contributed by atoms with van der Waals surface area (Å²) in [6.07, 6.45) is 2.68. The molecule has 0 fully saturated rings. The van der Waals surface area contributed by atoms with Crippen LogP contribution >= 0.6 is 0 Å². The molecular weight excluding hydrogens is 290 g/mol. The number of hydrogen-bond donors (Lipinski definition) is 1. The van der Waals surface area contributed by atoms with Gasteiger partial charge in [-0.25, -0.2) is 4.79 Å². The average Bonchev–Trinajstić information content (AvgIpc) is 2.45. The summed E-state index contributed by atoms with van der Waals surface area (Å²) in [7, 11) is -2.60. The van der Waals surface area contributed by atoms with Crippen LogP contribution in [-0.2, 0) is 18.0 Å². The molecule has 7 heteroatoms. The van der Waals surface area contributed by atoms with E-state index in [4.69, 9.17) is 18.0 Å². The number of carbonyl (C=O) groups is 1. The maximum atomic E-state index is 11.4. The molecule has 0 heterocycles. The van der Waals surface area contributed by atoms with Crippen LogP contribution in [0.25, 0.3) is 0 Å². The first-order chi connectivity index (χ1) is 10.1. The van der Waals surface area contributed by atoms with Gasteiger partial charge in [0.25, 0.3) is 0 Å². The molecule has 0 rings (SSSR count). The Hall–Kier alpha value is -0.893. The number of alkyl carbamates (subject to hydrolysis) is 1. The highest BCUT2D eigenvalue weighted by Crippen LogP contribution is 2.17. The first-order valence-electron chi connectivity index (χ1n) is 7.57. The summed E-state index contributed by atoms with van der Waals surface area (Å²) in [5.74, 6) is 0. The highest BCUT2D eigenvalue weighted by Gasteiger charge is 2.39. The Morgan fingerprint density at radius 2 is 1.71 bits per heavy atom. The maximum Gasteiger partial charge on any atom is 0.500 e. The van der Waals surface area contributed by atoms with Gasteiger partial charge in [0.05, 0.1) is 6.61 Å². The van der Waals surface area contributed by atoms with Crippen LogP contribution in [0.4, 0.5) is 4.79 Å². The molecule has 0 saturated heterocycles. The fourth-order valence-corrected chi connectivity index (χ4v) is 4.39. The summed E-state index contributed by atoms with van der Waals surface area (Å²) in [5, 5.41) is 2.70. The van der Waals surface area contributed by atoms with Crippen LogP contribution in [-0.4, -0.2) is 47.9 Å². The summed E-state index contributed by atoms with van der Waals surface area (Å²) in [6, 6.07) is 0.676. The van der Waals surface area contributed by atoms with Gasteiger partial charge < -0.3 is 23.3 Å². The van der Waals surface area contributed by atoms with E-state index in [1.807, 2.05) is 20.8 Å². The molecule has 6 nitrogen and oxygen atoms in total. The minimum atomic E-state index is -2.60. The lowest BCUT2D eigenvalue weighted by atomic mass is 10.4. The van der Waals surface area contributed by atoms with Crippen molar-refractivity contribution >= 4 is 14.9 Å². The summed E-state index contributed by atoms with van der Waals surface area (Å²) < 4.78 is 22.2. The van der Waals surface area contributed by atoms with Gasteiger partial charge in [-0.05, 0) is 33.6 Å². The number of ether oxygens (including phenoxy) is 1. The summed E-state index contributed by atoms with van der Waals surface area (Å²) in [6.45, 7) is 11.9. The highest BCUT2D eigenvalue weighted by molar-refractivity contribution is 6.60. The lowest BCUT2D eigenvalue weighted by Crippen LogP contribution is -2.46. The van der Waals surface area contributed by atoms with Gasteiger partial charge >= 0.3 is 14.9 Å². The molecular formula is C14H29NO5Si. The van der Waals surface area contributed by atoms with Crippen molar-refractivity contribution in [2.45, 2.75) is 39.7 Å². The van der Waals surface area contributed by atoms with Gasteiger partial charge in [-0.3, -0.25) is 0 Å². The minimum Gasteiger partial charge on any atom is -0.449 e. The molecule has 0 saturated carbocycles. The zero-order valence-electron chi connectivity index (χ0n) is 13.5. The largest absolute Gasteiger partial charge is 0.500 e. The van der Waals surface area contributed by atoms with Crippen LogP contribution in [0.2, 0.25) is 6.04 Å². The molecule has 0 spiro atoms. The zero-order valence-corrected chi connectivity index (χ0v) is 14.5. The first kappa shape index (κ1) is 20.1. The van der Waals surface area contributed by atoms with Gasteiger partial charge in [0.15, 0.2) is 0 Å². The van der Waals surface area contributed by atoms with E-state index in [2.05, 4.69) is 11.9 Å². The Kier molecular flexibility index (Phi) is 12.3. The second kappa shape index (κ2) is 12.8. The zero-order chi connectivity index (χ0) is 16.0. The van der Waals surface area contributed by atoms with E-state index in [0.29, 0.717) is 45.4 Å². The fourth-order valence-electron chi connectivity index (χ4n) is 1.78. The predicted octanol–water partition coefficient (Wildman–Crippen LogP) is 2.73. The van der Waals surface area contributed by atoms with Crippen molar-refractivity contribution in [2.24, 2.45) is 0 Å². The standard InChI is InChI=1S/C14H29NO5Si/c1-5-9-12-17-14(16)15-11-10-13-21(18-6-2,19-7-3)20-8-4/h5H,1,6-13H2,2-4H3,(H,15,16). The monoisotopic (exact) mass is 319 g/mol. The Balaban J connectivity index is 4.06. The lowest BCUT2D eigenvalue weighted by Gasteiger charge is -2.28. The van der Waals surface area contributed by atoms with Crippen LogP contribution in [0.1, 0.15) is 33.6 Å². The molecule has 124 valence electrons. The number of carbonyl (C=O) groups excluding carboxylic acids is 1. The van der Waals surface area contributed by atoms with Crippen LogP contribution in [0, 0.1) is 0 Å². The number of nitrogens with one attached hydrogen (secondary N) is 1. The molecule has 1 amide bonds. The second-order valence-electron chi connectivity index (χ2n) is 4.23. The molecule has 0 aromatic rings. The van der Waals surface area contributed by atoms with E-state index in [-0.39, 0.29) is 0 Å². The van der Waals surface area contributed by atoms with Gasteiger partial charge in [0.1, 0.15) is 0 Å². The van der Waals surface area contributed by atoms with Gasteiger partial charge in [-0.15, -0.1) is 6.58 Å². The molecule has 0 bridgehead atoms. The van der Waals surface area contributed by atoms with E-state index in [9.17, 15) is 4.79 Å². The van der Waals surface area contributed by atoms with E-state index >= 15 is 0 Å². The van der Waals surface area contributed by atoms with Crippen molar-refractivity contribution in [3.05, 3.63) is 12.7 Å². The SMILES string of the molecule is C=CCCOC(=O)NCCC[Si](OCC)(OCC)OCC. The van der Waals surface area contributed by atoms with Gasteiger partial charge in [0, 0.05) is 32.4 Å². The third-order valence-corrected chi connectivity index (χ3v) is 5.73.